The molecule has 0 aliphatic heterocycles. The van der Waals surface area contributed by atoms with E-state index in [2.05, 4.69) is 72.8 Å². The summed E-state index contributed by atoms with van der Waals surface area (Å²) >= 11 is 0. The van der Waals surface area contributed by atoms with E-state index in [1.54, 1.807) is 0 Å². The predicted molar refractivity (Wildman–Crippen MR) is 77.8 cm³/mol. The topological polar surface area (TPSA) is 0 Å². The Morgan fingerprint density at radius 2 is 1.00 bits per heavy atom. The van der Waals surface area contributed by atoms with Crippen LogP contribution >= 0.6 is 0 Å². The van der Waals surface area contributed by atoms with Gasteiger partial charge in [0.15, 0.2) is 0 Å². The lowest BCUT2D eigenvalue weighted by atomic mass is 9.85. The molecule has 0 heteroatoms. The average molecular weight is 228 g/mol. The molecule has 0 aromatic heterocycles. The molecule has 0 saturated carbocycles. The van der Waals surface area contributed by atoms with Gasteiger partial charge in [0.25, 0.3) is 0 Å². The van der Waals surface area contributed by atoms with Crippen LogP contribution in [0.25, 0.3) is 23.3 Å². The average Bonchev–Trinajstić information content (AvgIpc) is 2.35. The zero-order valence-electron chi connectivity index (χ0n) is 9.93. The summed E-state index contributed by atoms with van der Waals surface area (Å²) in [5.74, 6) is 0. The SMILES string of the molecule is C1=C(/C=C\C2=Cc3ccccc32)c2ccccc21. The molecular weight excluding hydrogens is 216 g/mol. The fourth-order valence-corrected chi connectivity index (χ4v) is 2.56. The van der Waals surface area contributed by atoms with E-state index in [0.717, 1.165) is 0 Å². The lowest BCUT2D eigenvalue weighted by molar-refractivity contribution is 1.52. The molecule has 2 aromatic carbocycles. The third-order valence-electron chi connectivity index (χ3n) is 3.61. The molecule has 2 aromatic rings. The second kappa shape index (κ2) is 3.58. The summed E-state index contributed by atoms with van der Waals surface area (Å²) in [5.41, 5.74) is 8.08. The molecule has 0 nitrogen and oxygen atoms in total. The molecule has 0 radical (unpaired) electrons. The normalized spacial score (nSPS) is 15.1. The van der Waals surface area contributed by atoms with Gasteiger partial charge < -0.3 is 0 Å². The standard InChI is InChI=1S/C18H12/c1-3-7-17-13(5-1)11-15(17)9-10-16-12-14-6-2-4-8-18(14)16/h1-12H/b10-9-. The highest BCUT2D eigenvalue weighted by atomic mass is 14.2. The van der Waals surface area contributed by atoms with Crippen LogP contribution in [0.4, 0.5) is 0 Å². The van der Waals surface area contributed by atoms with E-state index in [1.165, 1.54) is 33.4 Å². The van der Waals surface area contributed by atoms with Crippen LogP contribution in [-0.4, -0.2) is 0 Å². The van der Waals surface area contributed by atoms with Crippen molar-refractivity contribution in [1.82, 2.24) is 0 Å². The van der Waals surface area contributed by atoms with Gasteiger partial charge in [-0.15, -0.1) is 0 Å². The monoisotopic (exact) mass is 228 g/mol. The number of fused-ring (bicyclic) bond motifs is 2. The van der Waals surface area contributed by atoms with Gasteiger partial charge in [0.1, 0.15) is 0 Å². The van der Waals surface area contributed by atoms with Gasteiger partial charge in [0.2, 0.25) is 0 Å². The first kappa shape index (κ1) is 9.67. The number of benzene rings is 2. The van der Waals surface area contributed by atoms with E-state index < -0.39 is 0 Å². The Morgan fingerprint density at radius 3 is 1.44 bits per heavy atom. The Kier molecular flexibility index (Phi) is 1.92. The zero-order valence-corrected chi connectivity index (χ0v) is 9.93. The van der Waals surface area contributed by atoms with Crippen LogP contribution in [0.1, 0.15) is 22.3 Å². The van der Waals surface area contributed by atoms with Crippen molar-refractivity contribution in [3.05, 3.63) is 82.9 Å². The minimum atomic E-state index is 1.33. The first-order valence-electron chi connectivity index (χ1n) is 6.22. The number of hydrogen-bond donors (Lipinski definition) is 0. The van der Waals surface area contributed by atoms with E-state index in [0.29, 0.717) is 0 Å². The van der Waals surface area contributed by atoms with E-state index in [9.17, 15) is 0 Å². The molecule has 0 bridgehead atoms. The highest BCUT2D eigenvalue weighted by Crippen LogP contribution is 2.36. The fraction of sp³-hybridized carbons (Fsp3) is 0. The Morgan fingerprint density at radius 1 is 0.556 bits per heavy atom. The van der Waals surface area contributed by atoms with Crippen LogP contribution in [0.5, 0.6) is 0 Å². The van der Waals surface area contributed by atoms with Crippen molar-refractivity contribution in [3.63, 3.8) is 0 Å². The molecule has 0 heterocycles. The van der Waals surface area contributed by atoms with Crippen molar-refractivity contribution in [2.45, 2.75) is 0 Å². The quantitative estimate of drug-likeness (QED) is 0.701. The van der Waals surface area contributed by atoms with Crippen molar-refractivity contribution in [3.8, 4) is 0 Å². The summed E-state index contributed by atoms with van der Waals surface area (Å²) in [4.78, 5) is 0. The van der Waals surface area contributed by atoms with E-state index in [1.807, 2.05) is 0 Å². The van der Waals surface area contributed by atoms with Crippen LogP contribution in [0.15, 0.2) is 60.7 Å². The van der Waals surface area contributed by atoms with Crippen LogP contribution < -0.4 is 0 Å². The fourth-order valence-electron chi connectivity index (χ4n) is 2.56. The Labute approximate surface area is 107 Å². The summed E-state index contributed by atoms with van der Waals surface area (Å²) in [6, 6.07) is 17.0. The van der Waals surface area contributed by atoms with E-state index in [-0.39, 0.29) is 0 Å². The third-order valence-corrected chi connectivity index (χ3v) is 3.61. The van der Waals surface area contributed by atoms with Crippen molar-refractivity contribution in [2.75, 3.05) is 0 Å². The predicted octanol–water partition coefficient (Wildman–Crippen LogP) is 4.65. The van der Waals surface area contributed by atoms with Gasteiger partial charge in [-0.3, -0.25) is 0 Å². The van der Waals surface area contributed by atoms with E-state index >= 15 is 0 Å². The number of hydrogen-bond acceptors (Lipinski definition) is 0. The minimum absolute atomic E-state index is 1.33. The van der Waals surface area contributed by atoms with Crippen molar-refractivity contribution >= 4 is 23.3 Å². The molecule has 0 saturated heterocycles. The van der Waals surface area contributed by atoms with E-state index in [4.69, 9.17) is 0 Å². The van der Waals surface area contributed by atoms with Gasteiger partial charge >= 0.3 is 0 Å². The summed E-state index contributed by atoms with van der Waals surface area (Å²) in [6.07, 6.45) is 8.89. The molecule has 2 aliphatic rings. The highest BCUT2D eigenvalue weighted by molar-refractivity contribution is 6.04. The second-order valence-corrected chi connectivity index (χ2v) is 4.71. The molecule has 84 valence electrons. The molecule has 0 unspecified atom stereocenters. The molecule has 2 aliphatic carbocycles. The highest BCUT2D eigenvalue weighted by Gasteiger charge is 2.15. The molecule has 0 fully saturated rings. The maximum Gasteiger partial charge on any atom is -0.0111 e. The van der Waals surface area contributed by atoms with Crippen LogP contribution in [-0.2, 0) is 0 Å². The number of allylic oxidation sites excluding steroid dienone is 4. The van der Waals surface area contributed by atoms with Crippen LogP contribution in [0, 0.1) is 0 Å². The first-order chi connectivity index (χ1) is 8.92. The summed E-state index contributed by atoms with van der Waals surface area (Å²) < 4.78 is 0. The molecule has 4 rings (SSSR count). The van der Waals surface area contributed by atoms with Crippen molar-refractivity contribution in [2.24, 2.45) is 0 Å². The largest absolute Gasteiger partial charge is 0.0616 e. The molecule has 0 atom stereocenters. The molecule has 0 spiro atoms. The van der Waals surface area contributed by atoms with Gasteiger partial charge in [-0.2, -0.15) is 0 Å². The minimum Gasteiger partial charge on any atom is -0.0616 e. The maximum absolute atomic E-state index is 2.23. The van der Waals surface area contributed by atoms with Gasteiger partial charge in [0, 0.05) is 0 Å². The van der Waals surface area contributed by atoms with Crippen molar-refractivity contribution in [1.29, 1.82) is 0 Å². The lowest BCUT2D eigenvalue weighted by Gasteiger charge is -2.19. The zero-order chi connectivity index (χ0) is 11.9. The summed E-state index contributed by atoms with van der Waals surface area (Å²) in [6.45, 7) is 0. The smallest absolute Gasteiger partial charge is 0.0111 e. The lowest BCUT2D eigenvalue weighted by Crippen LogP contribution is -1.98. The van der Waals surface area contributed by atoms with Gasteiger partial charge in [-0.05, 0) is 45.6 Å². The first-order valence-corrected chi connectivity index (χ1v) is 6.22. The Bertz CT molecular complexity index is 664. The summed E-state index contributed by atoms with van der Waals surface area (Å²) in [5, 5.41) is 0. The van der Waals surface area contributed by atoms with Gasteiger partial charge in [0.05, 0.1) is 0 Å². The Balaban J connectivity index is 1.58. The molecule has 0 amide bonds. The third kappa shape index (κ3) is 1.32. The van der Waals surface area contributed by atoms with Crippen LogP contribution in [0.3, 0.4) is 0 Å². The van der Waals surface area contributed by atoms with Gasteiger partial charge in [-0.25, -0.2) is 0 Å². The van der Waals surface area contributed by atoms with Gasteiger partial charge in [-0.1, -0.05) is 60.7 Å². The summed E-state index contributed by atoms with van der Waals surface area (Å²) in [7, 11) is 0. The van der Waals surface area contributed by atoms with Crippen molar-refractivity contribution < 1.29 is 0 Å². The van der Waals surface area contributed by atoms with Crippen LogP contribution in [0.2, 0.25) is 0 Å². The maximum atomic E-state index is 2.23. The second-order valence-electron chi connectivity index (χ2n) is 4.71. The number of rotatable bonds is 2. The Hall–Kier alpha value is -2.34. The molecule has 18 heavy (non-hydrogen) atoms. The molecule has 0 N–H and O–H groups in total. The molecular formula is C18H12.